The third-order valence-corrected chi connectivity index (χ3v) is 3.81. The van der Waals surface area contributed by atoms with Crippen LogP contribution in [0.2, 0.25) is 5.02 Å². The van der Waals surface area contributed by atoms with Gasteiger partial charge in [-0.1, -0.05) is 23.7 Å². The Hall–Kier alpha value is -2.21. The van der Waals surface area contributed by atoms with Crippen molar-refractivity contribution in [2.75, 3.05) is 26.7 Å². The van der Waals surface area contributed by atoms with E-state index in [0.29, 0.717) is 24.7 Å². The molecule has 1 aromatic heterocycles. The SMILES string of the molecule is CCNC(=NCc1cc(CC)no1)N(C)CCOc1ccc(Cl)cc1. The number of aliphatic imine (C=N–C) groups is 1. The molecule has 7 heteroatoms. The first-order valence-corrected chi connectivity index (χ1v) is 8.82. The molecular formula is C18H25ClN4O2. The molecule has 1 aromatic carbocycles. The van der Waals surface area contributed by atoms with Crippen LogP contribution >= 0.6 is 11.6 Å². The van der Waals surface area contributed by atoms with E-state index in [0.717, 1.165) is 36.1 Å². The van der Waals surface area contributed by atoms with Crippen LogP contribution in [0.25, 0.3) is 0 Å². The van der Waals surface area contributed by atoms with Crippen LogP contribution in [0.5, 0.6) is 5.75 Å². The summed E-state index contributed by atoms with van der Waals surface area (Å²) in [5.41, 5.74) is 0.944. The smallest absolute Gasteiger partial charge is 0.194 e. The summed E-state index contributed by atoms with van der Waals surface area (Å²) in [7, 11) is 1.98. The zero-order valence-electron chi connectivity index (χ0n) is 15.0. The van der Waals surface area contributed by atoms with E-state index in [4.69, 9.17) is 20.9 Å². The molecule has 0 spiro atoms. The molecule has 0 atom stereocenters. The Balaban J connectivity index is 1.86. The molecule has 0 bridgehead atoms. The average Bonchev–Trinajstić information content (AvgIpc) is 3.08. The topological polar surface area (TPSA) is 62.9 Å². The largest absolute Gasteiger partial charge is 0.492 e. The van der Waals surface area contributed by atoms with Crippen molar-refractivity contribution in [1.29, 1.82) is 0 Å². The van der Waals surface area contributed by atoms with Gasteiger partial charge in [0, 0.05) is 24.7 Å². The fraction of sp³-hybridized carbons (Fsp3) is 0.444. The van der Waals surface area contributed by atoms with Gasteiger partial charge in [0.05, 0.1) is 12.2 Å². The van der Waals surface area contributed by atoms with Gasteiger partial charge < -0.3 is 19.5 Å². The quantitative estimate of drug-likeness (QED) is 0.574. The molecule has 0 saturated heterocycles. The summed E-state index contributed by atoms with van der Waals surface area (Å²) in [6.45, 7) is 6.58. The van der Waals surface area contributed by atoms with Crippen molar-refractivity contribution in [3.63, 3.8) is 0 Å². The van der Waals surface area contributed by atoms with Gasteiger partial charge in [-0.05, 0) is 37.6 Å². The Kier molecular flexibility index (Phi) is 7.60. The number of likely N-dealkylation sites (N-methyl/N-ethyl adjacent to an activating group) is 1. The second-order valence-electron chi connectivity index (χ2n) is 5.53. The molecule has 25 heavy (non-hydrogen) atoms. The molecule has 136 valence electrons. The van der Waals surface area contributed by atoms with Crippen LogP contribution < -0.4 is 10.1 Å². The van der Waals surface area contributed by atoms with E-state index in [1.807, 2.05) is 56.1 Å². The molecule has 1 heterocycles. The summed E-state index contributed by atoms with van der Waals surface area (Å²) >= 11 is 5.87. The second kappa shape index (κ2) is 9.93. The lowest BCUT2D eigenvalue weighted by Gasteiger charge is -2.22. The molecule has 0 aliphatic carbocycles. The van der Waals surface area contributed by atoms with Crippen molar-refractivity contribution in [3.8, 4) is 5.75 Å². The molecule has 0 unspecified atom stereocenters. The highest BCUT2D eigenvalue weighted by Gasteiger charge is 2.07. The summed E-state index contributed by atoms with van der Waals surface area (Å²) in [6, 6.07) is 9.28. The van der Waals surface area contributed by atoms with Gasteiger partial charge >= 0.3 is 0 Å². The van der Waals surface area contributed by atoms with Gasteiger partial charge in [-0.2, -0.15) is 0 Å². The normalized spacial score (nSPS) is 11.4. The minimum Gasteiger partial charge on any atom is -0.492 e. The predicted molar refractivity (Wildman–Crippen MR) is 100 cm³/mol. The van der Waals surface area contributed by atoms with Crippen LogP contribution in [0.15, 0.2) is 39.8 Å². The molecule has 1 N–H and O–H groups in total. The maximum atomic E-state index is 5.87. The first-order chi connectivity index (χ1) is 12.1. The van der Waals surface area contributed by atoms with Crippen molar-refractivity contribution in [2.45, 2.75) is 26.8 Å². The number of aromatic nitrogens is 1. The van der Waals surface area contributed by atoms with E-state index < -0.39 is 0 Å². The Morgan fingerprint density at radius 1 is 1.32 bits per heavy atom. The van der Waals surface area contributed by atoms with E-state index >= 15 is 0 Å². The number of rotatable bonds is 8. The number of halogens is 1. The van der Waals surface area contributed by atoms with Crippen molar-refractivity contribution >= 4 is 17.6 Å². The standard InChI is InChI=1S/C18H25ClN4O2/c1-4-15-12-17(25-22-15)13-21-18(20-5-2)23(3)10-11-24-16-8-6-14(19)7-9-16/h6-9,12H,4-5,10-11,13H2,1-3H3,(H,20,21). The van der Waals surface area contributed by atoms with E-state index in [1.54, 1.807) is 0 Å². The van der Waals surface area contributed by atoms with Crippen LogP contribution in [0.4, 0.5) is 0 Å². The van der Waals surface area contributed by atoms with Gasteiger partial charge in [0.15, 0.2) is 11.7 Å². The third kappa shape index (κ3) is 6.31. The number of benzene rings is 1. The number of guanidine groups is 1. The van der Waals surface area contributed by atoms with Gasteiger partial charge in [-0.3, -0.25) is 0 Å². The average molecular weight is 365 g/mol. The summed E-state index contributed by atoms with van der Waals surface area (Å²) in [4.78, 5) is 6.62. The Bertz CT molecular complexity index is 670. The van der Waals surface area contributed by atoms with Crippen LogP contribution in [0, 0.1) is 0 Å². The van der Waals surface area contributed by atoms with E-state index in [1.165, 1.54) is 0 Å². The predicted octanol–water partition coefficient (Wildman–Crippen LogP) is 3.37. The monoisotopic (exact) mass is 364 g/mol. The lowest BCUT2D eigenvalue weighted by atomic mass is 10.3. The maximum absolute atomic E-state index is 5.87. The van der Waals surface area contributed by atoms with Crippen molar-refractivity contribution < 1.29 is 9.26 Å². The lowest BCUT2D eigenvalue weighted by molar-refractivity contribution is 0.281. The molecule has 2 aromatic rings. The van der Waals surface area contributed by atoms with Gasteiger partial charge in [-0.15, -0.1) is 0 Å². The fourth-order valence-electron chi connectivity index (χ4n) is 2.16. The van der Waals surface area contributed by atoms with Crippen LogP contribution in [0.1, 0.15) is 25.3 Å². The van der Waals surface area contributed by atoms with Crippen molar-refractivity contribution in [3.05, 3.63) is 46.8 Å². The fourth-order valence-corrected chi connectivity index (χ4v) is 2.28. The second-order valence-corrected chi connectivity index (χ2v) is 5.97. The molecule has 0 amide bonds. The summed E-state index contributed by atoms with van der Waals surface area (Å²) in [6.07, 6.45) is 0.856. The Morgan fingerprint density at radius 3 is 2.72 bits per heavy atom. The van der Waals surface area contributed by atoms with E-state index in [-0.39, 0.29) is 0 Å². The highest BCUT2D eigenvalue weighted by atomic mass is 35.5. The van der Waals surface area contributed by atoms with Crippen molar-refractivity contribution in [1.82, 2.24) is 15.4 Å². The van der Waals surface area contributed by atoms with Gasteiger partial charge in [0.2, 0.25) is 0 Å². The Morgan fingerprint density at radius 2 is 2.08 bits per heavy atom. The number of nitrogens with zero attached hydrogens (tertiary/aromatic N) is 3. The van der Waals surface area contributed by atoms with Crippen LogP contribution in [0.3, 0.4) is 0 Å². The van der Waals surface area contributed by atoms with E-state index in [2.05, 4.69) is 15.5 Å². The number of hydrogen-bond acceptors (Lipinski definition) is 4. The number of aryl methyl sites for hydroxylation is 1. The molecule has 2 rings (SSSR count). The third-order valence-electron chi connectivity index (χ3n) is 3.56. The number of hydrogen-bond donors (Lipinski definition) is 1. The molecule has 0 radical (unpaired) electrons. The highest BCUT2D eigenvalue weighted by molar-refractivity contribution is 6.30. The molecular weight excluding hydrogens is 340 g/mol. The van der Waals surface area contributed by atoms with Gasteiger partial charge in [0.25, 0.3) is 0 Å². The molecule has 6 nitrogen and oxygen atoms in total. The van der Waals surface area contributed by atoms with Crippen molar-refractivity contribution in [2.24, 2.45) is 4.99 Å². The first kappa shape index (κ1) is 19.1. The molecule has 0 aliphatic rings. The maximum Gasteiger partial charge on any atom is 0.194 e. The molecule has 0 saturated carbocycles. The van der Waals surface area contributed by atoms with Crippen LogP contribution in [-0.4, -0.2) is 42.8 Å². The zero-order valence-corrected chi connectivity index (χ0v) is 15.7. The minimum absolute atomic E-state index is 0.456. The number of ether oxygens (including phenoxy) is 1. The first-order valence-electron chi connectivity index (χ1n) is 8.44. The van der Waals surface area contributed by atoms with E-state index in [9.17, 15) is 0 Å². The lowest BCUT2D eigenvalue weighted by Crippen LogP contribution is -2.40. The highest BCUT2D eigenvalue weighted by Crippen LogP contribution is 2.15. The minimum atomic E-state index is 0.456. The molecule has 0 aliphatic heterocycles. The number of nitrogens with one attached hydrogen (secondary N) is 1. The summed E-state index contributed by atoms with van der Waals surface area (Å²) in [5, 5.41) is 7.95. The summed E-state index contributed by atoms with van der Waals surface area (Å²) in [5.74, 6) is 2.36. The van der Waals surface area contributed by atoms with Gasteiger partial charge in [-0.25, -0.2) is 4.99 Å². The van der Waals surface area contributed by atoms with Crippen LogP contribution in [-0.2, 0) is 13.0 Å². The zero-order chi connectivity index (χ0) is 18.1. The summed E-state index contributed by atoms with van der Waals surface area (Å²) < 4.78 is 11.0. The Labute approximate surface area is 153 Å². The molecule has 0 fully saturated rings. The van der Waals surface area contributed by atoms with Gasteiger partial charge in [0.1, 0.15) is 18.9 Å².